The molecule has 146 valence electrons. The maximum absolute atomic E-state index is 12.6. The van der Waals surface area contributed by atoms with Gasteiger partial charge >= 0.3 is 10.1 Å². The highest BCUT2D eigenvalue weighted by Gasteiger charge is 2.32. The summed E-state index contributed by atoms with van der Waals surface area (Å²) in [6.45, 7) is 0. The predicted octanol–water partition coefficient (Wildman–Crippen LogP) is 5.57. The Kier molecular flexibility index (Phi) is 5.47. The lowest BCUT2D eigenvalue weighted by atomic mass is 9.81. The van der Waals surface area contributed by atoms with Gasteiger partial charge in [-0.1, -0.05) is 36.4 Å². The van der Waals surface area contributed by atoms with Crippen LogP contribution in [0.4, 0.5) is 22.0 Å². The average molecular weight is 526 g/mol. The molecular formula is C18H8F5IO3S. The summed E-state index contributed by atoms with van der Waals surface area (Å²) >= 11 is 2.40. The maximum Gasteiger partial charge on any atom is 0.300 e. The Morgan fingerprint density at radius 3 is 1.68 bits per heavy atom. The average Bonchev–Trinajstić information content (AvgIpc) is 2.62. The van der Waals surface area contributed by atoms with Crippen LogP contribution >= 0.6 is 22.6 Å². The molecule has 0 saturated heterocycles. The van der Waals surface area contributed by atoms with E-state index >= 15 is 0 Å². The lowest BCUT2D eigenvalue weighted by molar-refractivity contribution is 0.352. The second kappa shape index (κ2) is 7.41. The molecule has 0 aromatic heterocycles. The van der Waals surface area contributed by atoms with Crippen LogP contribution in [0.5, 0.6) is 0 Å². The van der Waals surface area contributed by atoms with Gasteiger partial charge in [-0.15, -0.1) is 0 Å². The van der Waals surface area contributed by atoms with Crippen LogP contribution in [0.3, 0.4) is 0 Å². The van der Waals surface area contributed by atoms with Gasteiger partial charge in [0.25, 0.3) is 0 Å². The zero-order valence-corrected chi connectivity index (χ0v) is 16.5. The minimum absolute atomic E-state index is 1.36. The van der Waals surface area contributed by atoms with Gasteiger partial charge in [-0.2, -0.15) is 8.42 Å². The Hall–Kier alpha value is -2.05. The predicted molar refractivity (Wildman–Crippen MR) is 99.6 cm³/mol. The van der Waals surface area contributed by atoms with Crippen molar-refractivity contribution in [2.45, 2.75) is 4.90 Å². The standard InChI is InChI=1S/C12H7I.C6HF5O3S/c13-11-7-3-6-10-8-4-1-2-5-9(8)12(10)11;7-1-2(8)4(10)6(15(12,13)14)5(11)3(1)9/h1-7H;(H,12,13,14). The first kappa shape index (κ1) is 20.7. The molecule has 1 aliphatic rings. The van der Waals surface area contributed by atoms with E-state index in [1.54, 1.807) is 0 Å². The summed E-state index contributed by atoms with van der Waals surface area (Å²) in [5.74, 6) is -12.6. The number of hydrogen-bond donors (Lipinski definition) is 1. The van der Waals surface area contributed by atoms with Gasteiger partial charge < -0.3 is 0 Å². The number of hydrogen-bond acceptors (Lipinski definition) is 2. The third kappa shape index (κ3) is 3.40. The van der Waals surface area contributed by atoms with E-state index in [2.05, 4.69) is 65.1 Å². The summed E-state index contributed by atoms with van der Waals surface area (Å²) in [5.41, 5.74) is 5.64. The van der Waals surface area contributed by atoms with Gasteiger partial charge in [0.15, 0.2) is 28.2 Å². The molecule has 0 heterocycles. The van der Waals surface area contributed by atoms with Gasteiger partial charge in [-0.05, 0) is 45.3 Å². The SMILES string of the molecule is Ic1cccc2c1-c1ccccc1-2.O=S(=O)(O)c1c(F)c(F)c(F)c(F)c1F. The summed E-state index contributed by atoms with van der Waals surface area (Å²) in [5, 5.41) is 0. The van der Waals surface area contributed by atoms with Crippen LogP contribution in [-0.4, -0.2) is 13.0 Å². The quantitative estimate of drug-likeness (QED) is 0.116. The van der Waals surface area contributed by atoms with Gasteiger partial charge in [0.2, 0.25) is 5.82 Å². The summed E-state index contributed by atoms with van der Waals surface area (Å²) in [4.78, 5) is -2.26. The van der Waals surface area contributed by atoms with E-state index in [1.165, 1.54) is 25.8 Å². The van der Waals surface area contributed by atoms with Crippen LogP contribution in [-0.2, 0) is 10.1 Å². The van der Waals surface area contributed by atoms with Gasteiger partial charge in [0.1, 0.15) is 0 Å². The van der Waals surface area contributed by atoms with Gasteiger partial charge in [0, 0.05) is 9.13 Å². The minimum Gasteiger partial charge on any atom is -0.282 e. The smallest absolute Gasteiger partial charge is 0.282 e. The van der Waals surface area contributed by atoms with Gasteiger partial charge in [0.05, 0.1) is 0 Å². The fourth-order valence-electron chi connectivity index (χ4n) is 2.71. The summed E-state index contributed by atoms with van der Waals surface area (Å²) in [7, 11) is -5.52. The highest BCUT2D eigenvalue weighted by atomic mass is 127. The number of halogens is 6. The molecule has 1 aliphatic carbocycles. The van der Waals surface area contributed by atoms with Crippen molar-refractivity contribution in [3.05, 3.63) is 75.1 Å². The molecule has 0 spiro atoms. The molecule has 0 radical (unpaired) electrons. The molecule has 3 aromatic rings. The van der Waals surface area contributed by atoms with Crippen molar-refractivity contribution in [1.29, 1.82) is 0 Å². The topological polar surface area (TPSA) is 54.4 Å². The van der Waals surface area contributed by atoms with Crippen LogP contribution in [0.15, 0.2) is 47.4 Å². The Morgan fingerprint density at radius 1 is 0.679 bits per heavy atom. The molecule has 4 rings (SSSR count). The van der Waals surface area contributed by atoms with E-state index in [9.17, 15) is 30.4 Å². The first-order valence-corrected chi connectivity index (χ1v) is 9.94. The van der Waals surface area contributed by atoms with E-state index in [0.717, 1.165) is 0 Å². The summed E-state index contributed by atoms with van der Waals surface area (Å²) in [6, 6.07) is 15.1. The van der Waals surface area contributed by atoms with Crippen LogP contribution in [0, 0.1) is 32.7 Å². The molecule has 0 bridgehead atoms. The second-order valence-electron chi connectivity index (χ2n) is 5.58. The molecular weight excluding hydrogens is 518 g/mol. The monoisotopic (exact) mass is 526 g/mol. The van der Waals surface area contributed by atoms with E-state index in [0.29, 0.717) is 0 Å². The lowest BCUT2D eigenvalue weighted by Gasteiger charge is -2.24. The molecule has 3 aromatic carbocycles. The third-order valence-corrected chi connectivity index (χ3v) is 5.70. The molecule has 0 unspecified atom stereocenters. The largest absolute Gasteiger partial charge is 0.300 e. The van der Waals surface area contributed by atoms with E-state index in [1.807, 2.05) is 0 Å². The highest BCUT2D eigenvalue weighted by molar-refractivity contribution is 14.1. The molecule has 0 fully saturated rings. The number of fused-ring (bicyclic) bond motifs is 4. The molecule has 0 atom stereocenters. The Bertz CT molecular complexity index is 1180. The fourth-order valence-corrected chi connectivity index (χ4v) is 4.13. The van der Waals surface area contributed by atoms with Crippen molar-refractivity contribution in [2.24, 2.45) is 0 Å². The fraction of sp³-hybridized carbons (Fsp3) is 0. The van der Waals surface area contributed by atoms with Crippen LogP contribution in [0.2, 0.25) is 0 Å². The van der Waals surface area contributed by atoms with Crippen molar-refractivity contribution >= 4 is 32.7 Å². The van der Waals surface area contributed by atoms with Crippen LogP contribution < -0.4 is 0 Å². The third-order valence-electron chi connectivity index (χ3n) is 3.93. The minimum atomic E-state index is -5.52. The molecule has 0 aliphatic heterocycles. The van der Waals surface area contributed by atoms with Crippen molar-refractivity contribution in [1.82, 2.24) is 0 Å². The zero-order valence-electron chi connectivity index (χ0n) is 13.5. The van der Waals surface area contributed by atoms with Crippen molar-refractivity contribution in [3.63, 3.8) is 0 Å². The van der Waals surface area contributed by atoms with Crippen LogP contribution in [0.25, 0.3) is 22.3 Å². The van der Waals surface area contributed by atoms with Crippen molar-refractivity contribution in [3.8, 4) is 22.3 Å². The summed E-state index contributed by atoms with van der Waals surface area (Å²) in [6.07, 6.45) is 0. The first-order valence-electron chi connectivity index (χ1n) is 7.43. The van der Waals surface area contributed by atoms with E-state index < -0.39 is 44.1 Å². The molecule has 3 nitrogen and oxygen atoms in total. The van der Waals surface area contributed by atoms with Crippen molar-refractivity contribution < 1.29 is 34.9 Å². The normalized spacial score (nSPS) is 11.7. The molecule has 28 heavy (non-hydrogen) atoms. The Balaban J connectivity index is 0.000000162. The van der Waals surface area contributed by atoms with E-state index in [4.69, 9.17) is 4.55 Å². The van der Waals surface area contributed by atoms with E-state index in [-0.39, 0.29) is 0 Å². The number of rotatable bonds is 1. The zero-order chi connectivity index (χ0) is 20.8. The molecule has 10 heteroatoms. The first-order chi connectivity index (χ1) is 13.1. The summed E-state index contributed by atoms with van der Waals surface area (Å²) < 4.78 is 92.7. The second-order valence-corrected chi connectivity index (χ2v) is 8.10. The lowest BCUT2D eigenvalue weighted by Crippen LogP contribution is -2.11. The number of benzene rings is 3. The Morgan fingerprint density at radius 2 is 1.14 bits per heavy atom. The maximum atomic E-state index is 12.6. The molecule has 0 saturated carbocycles. The highest BCUT2D eigenvalue weighted by Crippen LogP contribution is 2.48. The van der Waals surface area contributed by atoms with Gasteiger partial charge in [-0.25, -0.2) is 22.0 Å². The van der Waals surface area contributed by atoms with Crippen LogP contribution in [0.1, 0.15) is 0 Å². The van der Waals surface area contributed by atoms with Crippen molar-refractivity contribution in [2.75, 3.05) is 0 Å². The van der Waals surface area contributed by atoms with Gasteiger partial charge in [-0.3, -0.25) is 4.55 Å². The Labute approximate surface area is 169 Å². The molecule has 1 N–H and O–H groups in total. The molecule has 0 amide bonds.